The van der Waals surface area contributed by atoms with Crippen LogP contribution in [0.2, 0.25) is 0 Å². The van der Waals surface area contributed by atoms with Gasteiger partial charge >= 0.3 is 0 Å². The van der Waals surface area contributed by atoms with Crippen molar-refractivity contribution in [2.75, 3.05) is 23.8 Å². The summed E-state index contributed by atoms with van der Waals surface area (Å²) < 4.78 is 0. The lowest BCUT2D eigenvalue weighted by Crippen LogP contribution is -2.10. The lowest BCUT2D eigenvalue weighted by molar-refractivity contribution is 0.296. The Hall–Kier alpha value is -0.810. The summed E-state index contributed by atoms with van der Waals surface area (Å²) in [6, 6.07) is 0. The summed E-state index contributed by atoms with van der Waals surface area (Å²) in [6.45, 7) is 0.0764. The molecule has 0 saturated heterocycles. The van der Waals surface area contributed by atoms with Gasteiger partial charge in [0.1, 0.15) is 11.6 Å². The number of nitrogens with two attached hydrogens (primary N) is 1. The van der Waals surface area contributed by atoms with Crippen LogP contribution in [0, 0.1) is 0 Å². The zero-order valence-electron chi connectivity index (χ0n) is 8.57. The number of aromatic nitrogens is 2. The first-order valence-corrected chi connectivity index (χ1v) is 6.29. The van der Waals surface area contributed by atoms with Gasteiger partial charge in [0, 0.05) is 12.0 Å². The van der Waals surface area contributed by atoms with Crippen LogP contribution in [0.1, 0.15) is 17.1 Å². The first-order chi connectivity index (χ1) is 7.31. The fourth-order valence-electron chi connectivity index (χ4n) is 1.74. The van der Waals surface area contributed by atoms with E-state index in [9.17, 15) is 0 Å². The van der Waals surface area contributed by atoms with E-state index in [0.29, 0.717) is 18.1 Å². The maximum atomic E-state index is 8.85. The minimum absolute atomic E-state index is 0.0764. The molecule has 0 aromatic carbocycles. The summed E-state index contributed by atoms with van der Waals surface area (Å²) in [7, 11) is 0. The molecular weight excluding hydrogens is 210 g/mol. The molecule has 0 radical (unpaired) electrons. The van der Waals surface area contributed by atoms with E-state index in [1.54, 1.807) is 0 Å². The lowest BCUT2D eigenvalue weighted by Gasteiger charge is -2.09. The zero-order valence-corrected chi connectivity index (χ0v) is 9.39. The Morgan fingerprint density at radius 2 is 2.07 bits per heavy atom. The Labute approximate surface area is 93.3 Å². The number of nitrogen functional groups attached to an aromatic ring is 1. The lowest BCUT2D eigenvalue weighted by atomic mass is 10.1. The molecular formula is C10H15N3OS. The molecule has 0 unspecified atom stereocenters. The molecule has 0 spiro atoms. The SMILES string of the molecule is Nc1nc(CCO)nc2c1CCSCC2. The van der Waals surface area contributed by atoms with Gasteiger partial charge < -0.3 is 10.8 Å². The normalized spacial score (nSPS) is 15.8. The molecule has 5 heteroatoms. The first-order valence-electron chi connectivity index (χ1n) is 5.14. The highest BCUT2D eigenvalue weighted by Gasteiger charge is 2.14. The Bertz CT molecular complexity index is 357. The Morgan fingerprint density at radius 1 is 1.27 bits per heavy atom. The second-order valence-corrected chi connectivity index (χ2v) is 4.76. The van der Waals surface area contributed by atoms with Gasteiger partial charge in [-0.05, 0) is 24.3 Å². The summed E-state index contributed by atoms with van der Waals surface area (Å²) in [4.78, 5) is 8.67. The van der Waals surface area contributed by atoms with Crippen molar-refractivity contribution in [3.63, 3.8) is 0 Å². The summed E-state index contributed by atoms with van der Waals surface area (Å²) in [6.07, 6.45) is 2.42. The van der Waals surface area contributed by atoms with Crippen molar-refractivity contribution in [3.8, 4) is 0 Å². The number of fused-ring (bicyclic) bond motifs is 1. The number of thioether (sulfide) groups is 1. The summed E-state index contributed by atoms with van der Waals surface area (Å²) in [5.41, 5.74) is 8.09. The fraction of sp³-hybridized carbons (Fsp3) is 0.600. The molecule has 0 fully saturated rings. The maximum absolute atomic E-state index is 8.85. The van der Waals surface area contributed by atoms with Crippen molar-refractivity contribution in [1.29, 1.82) is 0 Å². The van der Waals surface area contributed by atoms with E-state index >= 15 is 0 Å². The average molecular weight is 225 g/mol. The van der Waals surface area contributed by atoms with Crippen molar-refractivity contribution in [2.45, 2.75) is 19.3 Å². The quantitative estimate of drug-likeness (QED) is 0.763. The third-order valence-corrected chi connectivity index (χ3v) is 3.47. The minimum atomic E-state index is 0.0764. The Morgan fingerprint density at radius 3 is 2.87 bits per heavy atom. The third kappa shape index (κ3) is 2.41. The van der Waals surface area contributed by atoms with Crippen molar-refractivity contribution >= 4 is 17.6 Å². The van der Waals surface area contributed by atoms with E-state index in [2.05, 4.69) is 9.97 Å². The number of rotatable bonds is 2. The highest BCUT2D eigenvalue weighted by atomic mass is 32.2. The number of nitrogens with zero attached hydrogens (tertiary/aromatic N) is 2. The van der Waals surface area contributed by atoms with Crippen LogP contribution in [-0.2, 0) is 19.3 Å². The summed E-state index contributed by atoms with van der Waals surface area (Å²) >= 11 is 1.93. The molecule has 0 saturated carbocycles. The Balaban J connectivity index is 2.35. The van der Waals surface area contributed by atoms with Gasteiger partial charge in [-0.2, -0.15) is 11.8 Å². The van der Waals surface area contributed by atoms with Crippen molar-refractivity contribution in [2.24, 2.45) is 0 Å². The van der Waals surface area contributed by atoms with Crippen LogP contribution in [0.5, 0.6) is 0 Å². The van der Waals surface area contributed by atoms with Gasteiger partial charge in [0.05, 0.1) is 12.3 Å². The smallest absolute Gasteiger partial charge is 0.133 e. The van der Waals surface area contributed by atoms with Crippen molar-refractivity contribution in [3.05, 3.63) is 17.1 Å². The Kier molecular flexibility index (Phi) is 3.43. The summed E-state index contributed by atoms with van der Waals surface area (Å²) in [5, 5.41) is 8.85. The molecule has 15 heavy (non-hydrogen) atoms. The van der Waals surface area contributed by atoms with E-state index < -0.39 is 0 Å². The first kappa shape index (κ1) is 10.7. The van der Waals surface area contributed by atoms with Crippen LogP contribution in [0.15, 0.2) is 0 Å². The molecule has 1 aromatic heterocycles. The molecule has 0 amide bonds. The van der Waals surface area contributed by atoms with Gasteiger partial charge in [-0.1, -0.05) is 0 Å². The predicted molar refractivity (Wildman–Crippen MR) is 62.0 cm³/mol. The largest absolute Gasteiger partial charge is 0.396 e. The summed E-state index contributed by atoms with van der Waals surface area (Å²) in [5.74, 6) is 3.47. The molecule has 1 aliphatic heterocycles. The topological polar surface area (TPSA) is 72.0 Å². The molecule has 1 aromatic rings. The molecule has 0 bridgehead atoms. The van der Waals surface area contributed by atoms with Crippen molar-refractivity contribution < 1.29 is 5.11 Å². The molecule has 2 rings (SSSR count). The third-order valence-electron chi connectivity index (χ3n) is 2.49. The average Bonchev–Trinajstić information content (AvgIpc) is 2.43. The molecule has 2 heterocycles. The van der Waals surface area contributed by atoms with Crippen LogP contribution in [0.25, 0.3) is 0 Å². The van der Waals surface area contributed by atoms with E-state index in [1.807, 2.05) is 11.8 Å². The molecule has 0 atom stereocenters. The van der Waals surface area contributed by atoms with E-state index in [1.165, 1.54) is 0 Å². The highest BCUT2D eigenvalue weighted by molar-refractivity contribution is 7.99. The molecule has 1 aliphatic rings. The van der Waals surface area contributed by atoms with Crippen LogP contribution in [0.4, 0.5) is 5.82 Å². The van der Waals surface area contributed by atoms with Crippen LogP contribution in [0.3, 0.4) is 0 Å². The number of aliphatic hydroxyl groups is 1. The number of aliphatic hydroxyl groups excluding tert-OH is 1. The molecule has 4 nitrogen and oxygen atoms in total. The van der Waals surface area contributed by atoms with E-state index in [0.717, 1.165) is 35.6 Å². The van der Waals surface area contributed by atoms with Crippen LogP contribution in [-0.4, -0.2) is 33.2 Å². The van der Waals surface area contributed by atoms with Crippen LogP contribution >= 0.6 is 11.8 Å². The maximum Gasteiger partial charge on any atom is 0.133 e. The van der Waals surface area contributed by atoms with Gasteiger partial charge in [-0.15, -0.1) is 0 Å². The zero-order chi connectivity index (χ0) is 10.7. The standard InChI is InChI=1S/C10H15N3OS/c11-10-7-2-5-15-6-3-8(7)12-9(13-10)1-4-14/h14H,1-6H2,(H2,11,12,13). The number of hydrogen-bond donors (Lipinski definition) is 2. The number of anilines is 1. The van der Waals surface area contributed by atoms with Gasteiger partial charge in [0.2, 0.25) is 0 Å². The monoisotopic (exact) mass is 225 g/mol. The molecule has 3 N–H and O–H groups in total. The van der Waals surface area contributed by atoms with Crippen LogP contribution < -0.4 is 5.73 Å². The number of hydrogen-bond acceptors (Lipinski definition) is 5. The molecule has 0 aliphatic carbocycles. The van der Waals surface area contributed by atoms with Gasteiger partial charge in [0.15, 0.2) is 0 Å². The van der Waals surface area contributed by atoms with E-state index in [4.69, 9.17) is 10.8 Å². The minimum Gasteiger partial charge on any atom is -0.396 e. The second kappa shape index (κ2) is 4.81. The highest BCUT2D eigenvalue weighted by Crippen LogP contribution is 2.22. The predicted octanol–water partition coefficient (Wildman–Crippen LogP) is 0.425. The second-order valence-electron chi connectivity index (χ2n) is 3.54. The number of aryl methyl sites for hydroxylation is 1. The fourth-order valence-corrected chi connectivity index (χ4v) is 2.63. The van der Waals surface area contributed by atoms with Gasteiger partial charge in [-0.3, -0.25) is 0 Å². The van der Waals surface area contributed by atoms with Gasteiger partial charge in [-0.25, -0.2) is 9.97 Å². The van der Waals surface area contributed by atoms with E-state index in [-0.39, 0.29) is 6.61 Å². The molecule has 82 valence electrons. The van der Waals surface area contributed by atoms with Crippen molar-refractivity contribution in [1.82, 2.24) is 9.97 Å². The van der Waals surface area contributed by atoms with Gasteiger partial charge in [0.25, 0.3) is 0 Å².